The third-order valence-corrected chi connectivity index (χ3v) is 5.42. The van der Waals surface area contributed by atoms with Crippen LogP contribution in [-0.4, -0.2) is 79.4 Å². The number of nitrogens with zero attached hydrogens (tertiary/aromatic N) is 4. The molecule has 0 amide bonds. The van der Waals surface area contributed by atoms with Crippen LogP contribution >= 0.6 is 0 Å². The first-order chi connectivity index (χ1) is 14.9. The summed E-state index contributed by atoms with van der Waals surface area (Å²) in [6.07, 6.45) is -0.128. The Kier molecular flexibility index (Phi) is 8.70. The highest BCUT2D eigenvalue weighted by Crippen LogP contribution is 2.27. The van der Waals surface area contributed by atoms with Gasteiger partial charge in [-0.1, -0.05) is 0 Å². The zero-order chi connectivity index (χ0) is 22.1. The molecule has 2 saturated heterocycles. The molecule has 0 aromatic carbocycles. The topological polar surface area (TPSA) is 86.7 Å². The van der Waals surface area contributed by atoms with Crippen molar-refractivity contribution in [2.24, 2.45) is 10.9 Å². The highest BCUT2D eigenvalue weighted by atomic mass is 19.4. The van der Waals surface area contributed by atoms with E-state index in [2.05, 4.69) is 35.8 Å². The van der Waals surface area contributed by atoms with Gasteiger partial charge in [0.2, 0.25) is 5.95 Å². The zero-order valence-electron chi connectivity index (χ0n) is 17.9. The van der Waals surface area contributed by atoms with Crippen molar-refractivity contribution in [3.8, 4) is 0 Å². The zero-order valence-corrected chi connectivity index (χ0v) is 17.9. The van der Waals surface area contributed by atoms with Crippen LogP contribution in [0.5, 0.6) is 0 Å². The Hall–Kier alpha value is -2.14. The van der Waals surface area contributed by atoms with Crippen LogP contribution in [-0.2, 0) is 10.9 Å². The van der Waals surface area contributed by atoms with Gasteiger partial charge >= 0.3 is 6.18 Å². The van der Waals surface area contributed by atoms with Crippen LogP contribution in [0, 0.1) is 5.92 Å². The average molecular weight is 444 g/mol. The summed E-state index contributed by atoms with van der Waals surface area (Å²) in [5, 5.41) is 9.50. The summed E-state index contributed by atoms with van der Waals surface area (Å²) in [5.74, 6) is 1.33. The monoisotopic (exact) mass is 443 g/mol. The number of aromatic nitrogens is 2. The molecule has 8 nitrogen and oxygen atoms in total. The molecule has 174 valence electrons. The molecule has 1 atom stereocenters. The number of anilines is 1. The lowest BCUT2D eigenvalue weighted by atomic mass is 10.0. The fourth-order valence-electron chi connectivity index (χ4n) is 3.80. The van der Waals surface area contributed by atoms with Crippen LogP contribution in [0.15, 0.2) is 17.3 Å². The fourth-order valence-corrected chi connectivity index (χ4v) is 3.80. The van der Waals surface area contributed by atoms with Crippen molar-refractivity contribution in [3.05, 3.63) is 18.0 Å². The number of hydrogen-bond acceptors (Lipinski definition) is 6. The van der Waals surface area contributed by atoms with Crippen molar-refractivity contribution in [3.63, 3.8) is 0 Å². The predicted molar refractivity (Wildman–Crippen MR) is 113 cm³/mol. The smallest absolute Gasteiger partial charge is 0.381 e. The standard InChI is InChI=1S/C20H32F3N7O/c1-2-24-18(26-8-9-27-19-25-7-3-17(29-19)20(21,22)23)28-16-4-10-30(11-5-16)13-15-6-12-31-14-15/h3,7,15-16H,2,4-6,8-14H2,1H3,(H2,24,26,28)(H,25,27,29). The molecule has 3 heterocycles. The Morgan fingerprint density at radius 1 is 1.29 bits per heavy atom. The van der Waals surface area contributed by atoms with Crippen LogP contribution in [0.1, 0.15) is 31.9 Å². The molecule has 31 heavy (non-hydrogen) atoms. The number of nitrogens with one attached hydrogen (secondary N) is 3. The van der Waals surface area contributed by atoms with Crippen LogP contribution in [0.2, 0.25) is 0 Å². The molecule has 2 fully saturated rings. The Balaban J connectivity index is 1.41. The summed E-state index contributed by atoms with van der Waals surface area (Å²) in [7, 11) is 0. The van der Waals surface area contributed by atoms with Gasteiger partial charge in [0.15, 0.2) is 5.96 Å². The Bertz CT molecular complexity index is 702. The summed E-state index contributed by atoms with van der Waals surface area (Å²) in [6, 6.07) is 1.21. The second-order valence-electron chi connectivity index (χ2n) is 7.90. The van der Waals surface area contributed by atoms with Crippen LogP contribution in [0.3, 0.4) is 0 Å². The molecule has 3 rings (SSSR count). The van der Waals surface area contributed by atoms with Crippen molar-refractivity contribution in [2.45, 2.75) is 38.4 Å². The molecular weight excluding hydrogens is 411 g/mol. The summed E-state index contributed by atoms with van der Waals surface area (Å²) in [4.78, 5) is 14.4. The third kappa shape index (κ3) is 7.80. The first kappa shape index (κ1) is 23.5. The van der Waals surface area contributed by atoms with Gasteiger partial charge in [0.1, 0.15) is 5.69 Å². The SMILES string of the molecule is CCNC(=NCCNc1nccc(C(F)(F)F)n1)NC1CCN(CC2CCOC2)CC1. The number of piperidine rings is 1. The minimum atomic E-state index is -4.49. The van der Waals surface area contributed by atoms with E-state index < -0.39 is 11.9 Å². The minimum Gasteiger partial charge on any atom is -0.381 e. The Morgan fingerprint density at radius 2 is 2.10 bits per heavy atom. The number of aliphatic imine (C=N–C) groups is 1. The number of likely N-dealkylation sites (tertiary alicyclic amines) is 1. The third-order valence-electron chi connectivity index (χ3n) is 5.42. The summed E-state index contributed by atoms with van der Waals surface area (Å²) < 4.78 is 43.7. The van der Waals surface area contributed by atoms with Crippen molar-refractivity contribution >= 4 is 11.9 Å². The second-order valence-corrected chi connectivity index (χ2v) is 7.90. The van der Waals surface area contributed by atoms with Crippen LogP contribution in [0.25, 0.3) is 0 Å². The van der Waals surface area contributed by atoms with E-state index in [1.807, 2.05) is 6.92 Å². The molecule has 11 heteroatoms. The quantitative estimate of drug-likeness (QED) is 0.322. The van der Waals surface area contributed by atoms with Gasteiger partial charge in [-0.15, -0.1) is 0 Å². The largest absolute Gasteiger partial charge is 0.433 e. The number of guanidine groups is 1. The van der Waals surface area contributed by atoms with Gasteiger partial charge in [-0.25, -0.2) is 9.97 Å². The molecule has 2 aliphatic rings. The van der Waals surface area contributed by atoms with Crippen molar-refractivity contribution in [1.82, 2.24) is 25.5 Å². The van der Waals surface area contributed by atoms with E-state index in [9.17, 15) is 13.2 Å². The molecule has 1 aromatic heterocycles. The van der Waals surface area contributed by atoms with E-state index in [0.29, 0.717) is 25.0 Å². The van der Waals surface area contributed by atoms with Gasteiger partial charge in [-0.05, 0) is 38.2 Å². The van der Waals surface area contributed by atoms with Crippen LogP contribution in [0.4, 0.5) is 19.1 Å². The van der Waals surface area contributed by atoms with Crippen molar-refractivity contribution < 1.29 is 17.9 Å². The molecule has 0 aliphatic carbocycles. The minimum absolute atomic E-state index is 0.0528. The van der Waals surface area contributed by atoms with E-state index in [1.54, 1.807) is 0 Å². The molecule has 0 saturated carbocycles. The number of rotatable bonds is 8. The maximum absolute atomic E-state index is 12.7. The lowest BCUT2D eigenvalue weighted by molar-refractivity contribution is -0.141. The van der Waals surface area contributed by atoms with Crippen molar-refractivity contribution in [2.75, 3.05) is 57.8 Å². The van der Waals surface area contributed by atoms with Gasteiger partial charge in [-0.3, -0.25) is 4.99 Å². The predicted octanol–water partition coefficient (Wildman–Crippen LogP) is 1.96. The molecule has 2 aliphatic heterocycles. The number of alkyl halides is 3. The van der Waals surface area contributed by atoms with Crippen molar-refractivity contribution in [1.29, 1.82) is 0 Å². The number of hydrogen-bond donors (Lipinski definition) is 3. The molecule has 1 aromatic rings. The normalized spacial score (nSPS) is 21.3. The highest BCUT2D eigenvalue weighted by Gasteiger charge is 2.32. The highest BCUT2D eigenvalue weighted by molar-refractivity contribution is 5.80. The molecule has 0 bridgehead atoms. The number of halogens is 3. The maximum atomic E-state index is 12.7. The second kappa shape index (κ2) is 11.5. The maximum Gasteiger partial charge on any atom is 0.433 e. The molecule has 0 spiro atoms. The molecule has 3 N–H and O–H groups in total. The van der Waals surface area contributed by atoms with E-state index in [4.69, 9.17) is 4.74 Å². The van der Waals surface area contributed by atoms with Gasteiger partial charge in [0.25, 0.3) is 0 Å². The van der Waals surface area contributed by atoms with E-state index in [-0.39, 0.29) is 5.95 Å². The van der Waals surface area contributed by atoms with E-state index in [1.165, 1.54) is 0 Å². The average Bonchev–Trinajstić information content (AvgIpc) is 3.25. The lowest BCUT2D eigenvalue weighted by Crippen LogP contribution is -2.49. The lowest BCUT2D eigenvalue weighted by Gasteiger charge is -2.34. The Morgan fingerprint density at radius 3 is 2.77 bits per heavy atom. The first-order valence-corrected chi connectivity index (χ1v) is 10.9. The van der Waals surface area contributed by atoms with Crippen LogP contribution < -0.4 is 16.0 Å². The Labute approximate surface area is 181 Å². The molecular formula is C20H32F3N7O. The number of ether oxygens (including phenoxy) is 1. The van der Waals surface area contributed by atoms with E-state index >= 15 is 0 Å². The van der Waals surface area contributed by atoms with Gasteiger partial charge in [0.05, 0.1) is 13.2 Å². The van der Waals surface area contributed by atoms with Gasteiger partial charge < -0.3 is 25.6 Å². The molecule has 0 radical (unpaired) electrons. The van der Waals surface area contributed by atoms with E-state index in [0.717, 1.165) is 76.9 Å². The first-order valence-electron chi connectivity index (χ1n) is 10.9. The van der Waals surface area contributed by atoms with Gasteiger partial charge in [-0.2, -0.15) is 13.2 Å². The summed E-state index contributed by atoms with van der Waals surface area (Å²) in [6.45, 7) is 8.45. The molecule has 1 unspecified atom stereocenters. The van der Waals surface area contributed by atoms with Gasteiger partial charge in [0, 0.05) is 51.6 Å². The summed E-state index contributed by atoms with van der Waals surface area (Å²) >= 11 is 0. The summed E-state index contributed by atoms with van der Waals surface area (Å²) in [5.41, 5.74) is -0.963. The fraction of sp³-hybridized carbons (Fsp3) is 0.750.